The summed E-state index contributed by atoms with van der Waals surface area (Å²) in [6, 6.07) is 0. The molecule has 10 heavy (non-hydrogen) atoms. The van der Waals surface area contributed by atoms with Gasteiger partial charge in [-0.15, -0.1) is 0 Å². The van der Waals surface area contributed by atoms with Gasteiger partial charge in [0.05, 0.1) is 0 Å². The summed E-state index contributed by atoms with van der Waals surface area (Å²) in [5, 5.41) is 0. The van der Waals surface area contributed by atoms with Gasteiger partial charge in [-0.25, -0.2) is 0 Å². The minimum Gasteiger partial charge on any atom is -0.402 e. The maximum Gasteiger partial charge on any atom is 0.454 e. The lowest BCUT2D eigenvalue weighted by Crippen LogP contribution is -2.21. The summed E-state index contributed by atoms with van der Waals surface area (Å²) < 4.78 is 34.1. The maximum absolute atomic E-state index is 11.4. The molecule has 0 unspecified atom stereocenters. The van der Waals surface area contributed by atoms with Crippen LogP contribution in [0.5, 0.6) is 0 Å². The SMILES string of the molecule is CC(N)=CC(=O)C(F)(F)F. The average molecular weight is 153 g/mol. The van der Waals surface area contributed by atoms with Crippen molar-refractivity contribution in [2.24, 2.45) is 5.73 Å². The van der Waals surface area contributed by atoms with Crippen molar-refractivity contribution < 1.29 is 18.0 Å². The average Bonchev–Trinajstić information content (AvgIpc) is 1.60. The molecule has 0 aliphatic carbocycles. The van der Waals surface area contributed by atoms with Crippen LogP contribution in [-0.4, -0.2) is 12.0 Å². The van der Waals surface area contributed by atoms with Crippen LogP contribution in [0.1, 0.15) is 6.92 Å². The van der Waals surface area contributed by atoms with Gasteiger partial charge in [0.1, 0.15) is 0 Å². The van der Waals surface area contributed by atoms with Gasteiger partial charge in [0.2, 0.25) is 0 Å². The van der Waals surface area contributed by atoms with E-state index >= 15 is 0 Å². The molecule has 0 rings (SSSR count). The van der Waals surface area contributed by atoms with Gasteiger partial charge >= 0.3 is 6.18 Å². The lowest BCUT2D eigenvalue weighted by molar-refractivity contribution is -0.165. The molecular formula is C5H6F3NO. The van der Waals surface area contributed by atoms with Crippen LogP contribution in [-0.2, 0) is 4.79 Å². The molecule has 0 aromatic rings. The fourth-order valence-corrected chi connectivity index (χ4v) is 0.289. The van der Waals surface area contributed by atoms with Crippen LogP contribution < -0.4 is 5.73 Å². The zero-order valence-corrected chi connectivity index (χ0v) is 5.20. The third kappa shape index (κ3) is 3.11. The molecule has 0 amide bonds. The van der Waals surface area contributed by atoms with Crippen molar-refractivity contribution in [1.29, 1.82) is 0 Å². The third-order valence-corrected chi connectivity index (χ3v) is 0.638. The van der Waals surface area contributed by atoms with Crippen LogP contribution in [0.25, 0.3) is 0 Å². The second kappa shape index (κ2) is 2.72. The summed E-state index contributed by atoms with van der Waals surface area (Å²) >= 11 is 0. The molecule has 0 aromatic heterocycles. The Bertz CT molecular complexity index is 166. The van der Waals surface area contributed by atoms with Gasteiger partial charge in [0.25, 0.3) is 5.78 Å². The normalized spacial score (nSPS) is 13.4. The Morgan fingerprint density at radius 2 is 1.90 bits per heavy atom. The molecule has 0 aliphatic rings. The first-order valence-electron chi connectivity index (χ1n) is 2.39. The molecule has 58 valence electrons. The highest BCUT2D eigenvalue weighted by molar-refractivity contribution is 5.94. The Balaban J connectivity index is 4.27. The smallest absolute Gasteiger partial charge is 0.402 e. The van der Waals surface area contributed by atoms with Gasteiger partial charge in [-0.3, -0.25) is 4.79 Å². The molecule has 5 heteroatoms. The first kappa shape index (κ1) is 9.00. The van der Waals surface area contributed by atoms with E-state index < -0.39 is 12.0 Å². The molecule has 0 atom stereocenters. The third-order valence-electron chi connectivity index (χ3n) is 0.638. The molecule has 0 radical (unpaired) electrons. The van der Waals surface area contributed by atoms with E-state index in [0.29, 0.717) is 6.08 Å². The van der Waals surface area contributed by atoms with Gasteiger partial charge < -0.3 is 5.73 Å². The second-order valence-corrected chi connectivity index (χ2v) is 1.75. The zero-order valence-electron chi connectivity index (χ0n) is 5.20. The molecule has 0 heterocycles. The maximum atomic E-state index is 11.4. The second-order valence-electron chi connectivity index (χ2n) is 1.75. The van der Waals surface area contributed by atoms with Crippen LogP contribution in [0.4, 0.5) is 13.2 Å². The van der Waals surface area contributed by atoms with Crippen molar-refractivity contribution in [1.82, 2.24) is 0 Å². The monoisotopic (exact) mass is 153 g/mol. The van der Waals surface area contributed by atoms with Gasteiger partial charge in [0, 0.05) is 11.8 Å². The number of ketones is 1. The first-order chi connectivity index (χ1) is 4.34. The lowest BCUT2D eigenvalue weighted by atomic mass is 10.3. The van der Waals surface area contributed by atoms with E-state index in [-0.39, 0.29) is 5.70 Å². The lowest BCUT2D eigenvalue weighted by Gasteiger charge is -1.99. The fraction of sp³-hybridized carbons (Fsp3) is 0.400. The van der Waals surface area contributed by atoms with Crippen LogP contribution in [0.15, 0.2) is 11.8 Å². The Hall–Kier alpha value is -1.00. The molecule has 0 fully saturated rings. The summed E-state index contributed by atoms with van der Waals surface area (Å²) in [7, 11) is 0. The molecule has 0 spiro atoms. The van der Waals surface area contributed by atoms with Crippen LogP contribution in [0.3, 0.4) is 0 Å². The molecule has 0 saturated heterocycles. The van der Waals surface area contributed by atoms with Crippen LogP contribution >= 0.6 is 0 Å². The van der Waals surface area contributed by atoms with Crippen molar-refractivity contribution in [3.05, 3.63) is 11.8 Å². The quantitative estimate of drug-likeness (QED) is 0.570. The molecule has 2 nitrogen and oxygen atoms in total. The molecule has 0 aliphatic heterocycles. The predicted molar refractivity (Wildman–Crippen MR) is 29.0 cm³/mol. The van der Waals surface area contributed by atoms with Gasteiger partial charge in [-0.1, -0.05) is 0 Å². The van der Waals surface area contributed by atoms with Crippen LogP contribution in [0, 0.1) is 0 Å². The van der Waals surface area contributed by atoms with E-state index in [2.05, 4.69) is 0 Å². The number of halogens is 3. The van der Waals surface area contributed by atoms with E-state index in [1.54, 1.807) is 0 Å². The topological polar surface area (TPSA) is 43.1 Å². The van der Waals surface area contributed by atoms with Crippen molar-refractivity contribution in [3.63, 3.8) is 0 Å². The standard InChI is InChI=1S/C5H6F3NO/c1-3(9)2-4(10)5(6,7)8/h2H,9H2,1H3. The highest BCUT2D eigenvalue weighted by Crippen LogP contribution is 2.16. The number of hydrogen-bond acceptors (Lipinski definition) is 2. The number of carbonyl (C=O) groups excluding carboxylic acids is 1. The first-order valence-corrected chi connectivity index (χ1v) is 2.39. The number of nitrogens with two attached hydrogens (primary N) is 1. The highest BCUT2D eigenvalue weighted by Gasteiger charge is 2.36. The van der Waals surface area contributed by atoms with Crippen molar-refractivity contribution in [3.8, 4) is 0 Å². The Morgan fingerprint density at radius 1 is 1.50 bits per heavy atom. The van der Waals surface area contributed by atoms with E-state index in [0.717, 1.165) is 0 Å². The number of hydrogen-bond donors (Lipinski definition) is 1. The summed E-state index contributed by atoms with van der Waals surface area (Å²) in [4.78, 5) is 9.99. The van der Waals surface area contributed by atoms with E-state index in [1.807, 2.05) is 0 Å². The Morgan fingerprint density at radius 3 is 2.00 bits per heavy atom. The number of carbonyl (C=O) groups is 1. The van der Waals surface area contributed by atoms with E-state index in [4.69, 9.17) is 5.73 Å². The fourth-order valence-electron chi connectivity index (χ4n) is 0.289. The molecule has 0 aromatic carbocycles. The Kier molecular flexibility index (Phi) is 2.45. The molecule has 2 N–H and O–H groups in total. The molecule has 0 bridgehead atoms. The zero-order chi connectivity index (χ0) is 8.36. The summed E-state index contributed by atoms with van der Waals surface area (Å²) in [5.41, 5.74) is 4.68. The number of allylic oxidation sites excluding steroid dienone is 2. The van der Waals surface area contributed by atoms with Gasteiger partial charge in [0.15, 0.2) is 0 Å². The minimum absolute atomic E-state index is 0.151. The van der Waals surface area contributed by atoms with Crippen molar-refractivity contribution >= 4 is 5.78 Å². The van der Waals surface area contributed by atoms with E-state index in [9.17, 15) is 18.0 Å². The Labute approximate surface area is 55.5 Å². The predicted octanol–water partition coefficient (Wildman–Crippen LogP) is 0.980. The summed E-state index contributed by atoms with van der Waals surface area (Å²) in [5.74, 6) is -1.92. The minimum atomic E-state index is -4.80. The van der Waals surface area contributed by atoms with Crippen molar-refractivity contribution in [2.75, 3.05) is 0 Å². The largest absolute Gasteiger partial charge is 0.454 e. The van der Waals surface area contributed by atoms with Crippen LogP contribution in [0.2, 0.25) is 0 Å². The van der Waals surface area contributed by atoms with Gasteiger partial charge in [-0.05, 0) is 6.92 Å². The molecule has 0 saturated carbocycles. The highest BCUT2D eigenvalue weighted by atomic mass is 19.4. The summed E-state index contributed by atoms with van der Waals surface area (Å²) in [6.07, 6.45) is -4.46. The van der Waals surface area contributed by atoms with Gasteiger partial charge in [-0.2, -0.15) is 13.2 Å². The van der Waals surface area contributed by atoms with E-state index in [1.165, 1.54) is 6.92 Å². The number of rotatable bonds is 1. The summed E-state index contributed by atoms with van der Waals surface area (Å²) in [6.45, 7) is 1.21. The number of alkyl halides is 3. The molecular weight excluding hydrogens is 147 g/mol. The van der Waals surface area contributed by atoms with Crippen molar-refractivity contribution in [2.45, 2.75) is 13.1 Å².